The van der Waals surface area contributed by atoms with Gasteiger partial charge >= 0.3 is 6.09 Å². The van der Waals surface area contributed by atoms with Gasteiger partial charge in [0.2, 0.25) is 0 Å². The second kappa shape index (κ2) is 2.94. The number of nitrogens with zero attached hydrogens (tertiary/aromatic N) is 1. The summed E-state index contributed by atoms with van der Waals surface area (Å²) in [7, 11) is 0. The van der Waals surface area contributed by atoms with Crippen LogP contribution in [0.2, 0.25) is 0 Å². The Morgan fingerprint density at radius 1 is 1.43 bits per heavy atom. The fourth-order valence-corrected chi connectivity index (χ4v) is 1.03. The molecule has 1 heterocycles. The van der Waals surface area contributed by atoms with E-state index in [1.807, 2.05) is 0 Å². The standard InChI is InChI=1S/C9H11NO4/c1-5(2)6(11)10-7(12)9(3,4)14-8(10)13/h1H2,2-4H3. The summed E-state index contributed by atoms with van der Waals surface area (Å²) in [6.45, 7) is 7.65. The van der Waals surface area contributed by atoms with Crippen LogP contribution in [-0.2, 0) is 14.3 Å². The van der Waals surface area contributed by atoms with Crippen molar-refractivity contribution in [3.8, 4) is 0 Å². The van der Waals surface area contributed by atoms with Gasteiger partial charge in [0.25, 0.3) is 11.8 Å². The maximum absolute atomic E-state index is 11.5. The third kappa shape index (κ3) is 1.41. The first-order valence-electron chi connectivity index (χ1n) is 4.04. The fourth-order valence-electron chi connectivity index (χ4n) is 1.03. The van der Waals surface area contributed by atoms with Crippen molar-refractivity contribution in [2.45, 2.75) is 26.4 Å². The van der Waals surface area contributed by atoms with E-state index in [4.69, 9.17) is 4.74 Å². The number of carbonyl (C=O) groups is 3. The molecule has 5 nitrogen and oxygen atoms in total. The third-order valence-electron chi connectivity index (χ3n) is 1.81. The van der Waals surface area contributed by atoms with Crippen LogP contribution in [0.25, 0.3) is 0 Å². The number of ether oxygens (including phenoxy) is 1. The van der Waals surface area contributed by atoms with Crippen molar-refractivity contribution in [1.82, 2.24) is 4.90 Å². The van der Waals surface area contributed by atoms with Gasteiger partial charge in [-0.3, -0.25) is 9.59 Å². The Kier molecular flexibility index (Phi) is 2.19. The van der Waals surface area contributed by atoms with Crippen molar-refractivity contribution >= 4 is 17.9 Å². The number of rotatable bonds is 1. The Morgan fingerprint density at radius 3 is 2.21 bits per heavy atom. The number of cyclic esters (lactones) is 1. The second-order valence-corrected chi connectivity index (χ2v) is 3.60. The van der Waals surface area contributed by atoms with Crippen LogP contribution in [0, 0.1) is 0 Å². The maximum Gasteiger partial charge on any atom is 0.424 e. The number of imide groups is 3. The highest BCUT2D eigenvalue weighted by Crippen LogP contribution is 2.24. The molecule has 1 aliphatic heterocycles. The van der Waals surface area contributed by atoms with Crippen LogP contribution in [0.1, 0.15) is 20.8 Å². The average Bonchev–Trinajstić information content (AvgIpc) is 2.21. The van der Waals surface area contributed by atoms with E-state index in [1.165, 1.54) is 20.8 Å². The largest absolute Gasteiger partial charge is 0.433 e. The summed E-state index contributed by atoms with van der Waals surface area (Å²) >= 11 is 0. The second-order valence-electron chi connectivity index (χ2n) is 3.60. The summed E-state index contributed by atoms with van der Waals surface area (Å²) in [5.74, 6) is -1.37. The molecule has 0 radical (unpaired) electrons. The monoisotopic (exact) mass is 197 g/mol. The molecule has 76 valence electrons. The van der Waals surface area contributed by atoms with Gasteiger partial charge in [0.15, 0.2) is 5.60 Å². The summed E-state index contributed by atoms with van der Waals surface area (Å²) in [6.07, 6.45) is -0.937. The van der Waals surface area contributed by atoms with Gasteiger partial charge < -0.3 is 4.74 Å². The minimum atomic E-state index is -1.26. The molecule has 0 aromatic carbocycles. The Hall–Kier alpha value is -1.65. The molecule has 3 amide bonds. The van der Waals surface area contributed by atoms with Gasteiger partial charge in [0, 0.05) is 5.57 Å². The van der Waals surface area contributed by atoms with Crippen molar-refractivity contribution in [2.24, 2.45) is 0 Å². The highest BCUT2D eigenvalue weighted by Gasteiger charge is 2.50. The Labute approximate surface area is 81.3 Å². The topological polar surface area (TPSA) is 63.7 Å². The van der Waals surface area contributed by atoms with Gasteiger partial charge in [-0.2, -0.15) is 4.90 Å². The molecule has 0 atom stereocenters. The van der Waals surface area contributed by atoms with Gasteiger partial charge in [-0.05, 0) is 20.8 Å². The van der Waals surface area contributed by atoms with Crippen molar-refractivity contribution in [3.63, 3.8) is 0 Å². The Balaban J connectivity index is 3.03. The lowest BCUT2D eigenvalue weighted by Crippen LogP contribution is -2.40. The minimum Gasteiger partial charge on any atom is -0.433 e. The zero-order valence-corrected chi connectivity index (χ0v) is 8.29. The van der Waals surface area contributed by atoms with E-state index in [1.54, 1.807) is 0 Å². The molecule has 5 heteroatoms. The van der Waals surface area contributed by atoms with Gasteiger partial charge in [0.1, 0.15) is 0 Å². The van der Waals surface area contributed by atoms with Crippen LogP contribution < -0.4 is 0 Å². The Morgan fingerprint density at radius 2 is 1.93 bits per heavy atom. The highest BCUT2D eigenvalue weighted by atomic mass is 16.6. The zero-order chi connectivity index (χ0) is 11.1. The summed E-state index contributed by atoms with van der Waals surface area (Å²) in [5, 5.41) is 0. The Bertz CT molecular complexity index is 343. The summed E-state index contributed by atoms with van der Waals surface area (Å²) < 4.78 is 4.72. The smallest absolute Gasteiger partial charge is 0.424 e. The fraction of sp³-hybridized carbons (Fsp3) is 0.444. The molecule has 0 aromatic rings. The first kappa shape index (κ1) is 10.4. The van der Waals surface area contributed by atoms with Crippen molar-refractivity contribution in [2.75, 3.05) is 0 Å². The van der Waals surface area contributed by atoms with Crippen LogP contribution in [0.15, 0.2) is 12.2 Å². The van der Waals surface area contributed by atoms with Crippen molar-refractivity contribution < 1.29 is 19.1 Å². The van der Waals surface area contributed by atoms with Crippen LogP contribution in [-0.4, -0.2) is 28.4 Å². The lowest BCUT2D eigenvalue weighted by molar-refractivity contribution is -0.141. The van der Waals surface area contributed by atoms with Crippen molar-refractivity contribution in [3.05, 3.63) is 12.2 Å². The van der Waals surface area contributed by atoms with Crippen molar-refractivity contribution in [1.29, 1.82) is 0 Å². The van der Waals surface area contributed by atoms with E-state index in [0.717, 1.165) is 0 Å². The van der Waals surface area contributed by atoms with Crippen LogP contribution in [0.4, 0.5) is 4.79 Å². The molecule has 0 unspecified atom stereocenters. The summed E-state index contributed by atoms with van der Waals surface area (Å²) in [5.41, 5.74) is -1.14. The van der Waals surface area contributed by atoms with Crippen LogP contribution in [0.3, 0.4) is 0 Å². The first-order valence-corrected chi connectivity index (χ1v) is 4.04. The third-order valence-corrected chi connectivity index (χ3v) is 1.81. The molecule has 0 saturated carbocycles. The molecular formula is C9H11NO4. The molecule has 1 rings (SSSR count). The molecular weight excluding hydrogens is 186 g/mol. The molecule has 0 N–H and O–H groups in total. The zero-order valence-electron chi connectivity index (χ0n) is 8.29. The van der Waals surface area contributed by atoms with E-state index < -0.39 is 23.5 Å². The first-order chi connectivity index (χ1) is 6.27. The average molecular weight is 197 g/mol. The molecule has 1 aliphatic rings. The molecule has 0 spiro atoms. The number of hydrogen-bond acceptors (Lipinski definition) is 4. The molecule has 0 aliphatic carbocycles. The van der Waals surface area contributed by atoms with E-state index in [0.29, 0.717) is 4.90 Å². The number of carbonyl (C=O) groups excluding carboxylic acids is 3. The molecule has 0 aromatic heterocycles. The highest BCUT2D eigenvalue weighted by molar-refractivity contribution is 6.19. The van der Waals surface area contributed by atoms with E-state index in [9.17, 15) is 14.4 Å². The van der Waals surface area contributed by atoms with Gasteiger partial charge in [-0.15, -0.1) is 0 Å². The molecule has 0 bridgehead atoms. The molecule has 14 heavy (non-hydrogen) atoms. The van der Waals surface area contributed by atoms with Gasteiger partial charge in [-0.25, -0.2) is 4.79 Å². The van der Waals surface area contributed by atoms with E-state index in [2.05, 4.69) is 6.58 Å². The van der Waals surface area contributed by atoms with Gasteiger partial charge in [0.05, 0.1) is 0 Å². The van der Waals surface area contributed by atoms with Crippen LogP contribution in [0.5, 0.6) is 0 Å². The molecule has 1 fully saturated rings. The SMILES string of the molecule is C=C(C)C(=O)N1C(=O)OC(C)(C)C1=O. The molecule has 1 saturated heterocycles. The normalized spacial score (nSPS) is 19.5. The lowest BCUT2D eigenvalue weighted by Gasteiger charge is -2.12. The lowest BCUT2D eigenvalue weighted by atomic mass is 10.1. The van der Waals surface area contributed by atoms with E-state index >= 15 is 0 Å². The summed E-state index contributed by atoms with van der Waals surface area (Å²) in [4.78, 5) is 34.5. The van der Waals surface area contributed by atoms with E-state index in [-0.39, 0.29) is 5.57 Å². The predicted octanol–water partition coefficient (Wildman–Crippen LogP) is 0.847. The maximum atomic E-state index is 11.5. The quantitative estimate of drug-likeness (QED) is 0.584. The van der Waals surface area contributed by atoms with Crippen LogP contribution >= 0.6 is 0 Å². The predicted molar refractivity (Wildman–Crippen MR) is 47.2 cm³/mol. The number of amides is 3. The summed E-state index contributed by atoms with van der Waals surface area (Å²) in [6, 6.07) is 0. The number of hydrogen-bond donors (Lipinski definition) is 0. The minimum absolute atomic E-state index is 0.119. The van der Waals surface area contributed by atoms with Gasteiger partial charge in [-0.1, -0.05) is 6.58 Å².